The molecule has 0 saturated carbocycles. The number of carbonyl (C=O) groups is 2. The number of methoxy groups -OCH3 is 2. The summed E-state index contributed by atoms with van der Waals surface area (Å²) in [6.45, 7) is 3.98. The van der Waals surface area contributed by atoms with Crippen molar-refractivity contribution in [3.63, 3.8) is 0 Å². The molecule has 0 amide bonds. The van der Waals surface area contributed by atoms with E-state index in [-0.39, 0.29) is 16.2 Å². The summed E-state index contributed by atoms with van der Waals surface area (Å²) < 4.78 is 41.3. The van der Waals surface area contributed by atoms with Gasteiger partial charge in [-0.05, 0) is 62.2 Å². The summed E-state index contributed by atoms with van der Waals surface area (Å²) >= 11 is 0. The fourth-order valence-electron chi connectivity index (χ4n) is 3.85. The van der Waals surface area contributed by atoms with Gasteiger partial charge in [0, 0.05) is 29.8 Å². The van der Waals surface area contributed by atoms with Crippen LogP contribution < -0.4 is 9.47 Å². The molecule has 0 N–H and O–H groups in total. The highest BCUT2D eigenvalue weighted by atomic mass is 32.2. The molecule has 186 valence electrons. The van der Waals surface area contributed by atoms with Crippen molar-refractivity contribution in [2.75, 3.05) is 27.1 Å². The van der Waals surface area contributed by atoms with E-state index in [4.69, 9.17) is 14.2 Å². The van der Waals surface area contributed by atoms with Crippen LogP contribution in [0.25, 0.3) is 0 Å². The first-order valence-corrected chi connectivity index (χ1v) is 12.8. The SMILES string of the molecule is COc1ccc(CCn2c(C)cc(C(=O)COC(=O)c3cccc(S(C)(=O)=O)c3)c2C)cc1OC. The van der Waals surface area contributed by atoms with Gasteiger partial charge in [0.2, 0.25) is 5.78 Å². The summed E-state index contributed by atoms with van der Waals surface area (Å²) in [7, 11) is -0.283. The molecule has 3 rings (SSSR count). The summed E-state index contributed by atoms with van der Waals surface area (Å²) in [5.74, 6) is 0.231. The normalized spacial score (nSPS) is 11.2. The Morgan fingerprint density at radius 3 is 2.31 bits per heavy atom. The van der Waals surface area contributed by atoms with E-state index >= 15 is 0 Å². The van der Waals surface area contributed by atoms with E-state index in [0.717, 1.165) is 29.6 Å². The van der Waals surface area contributed by atoms with Gasteiger partial charge in [-0.3, -0.25) is 4.79 Å². The molecule has 9 heteroatoms. The van der Waals surface area contributed by atoms with Crippen LogP contribution in [0.3, 0.4) is 0 Å². The lowest BCUT2D eigenvalue weighted by Crippen LogP contribution is -2.15. The Balaban J connectivity index is 1.67. The maximum Gasteiger partial charge on any atom is 0.338 e. The fourth-order valence-corrected chi connectivity index (χ4v) is 4.52. The van der Waals surface area contributed by atoms with E-state index in [0.29, 0.717) is 23.6 Å². The third-order valence-electron chi connectivity index (χ3n) is 5.78. The largest absolute Gasteiger partial charge is 0.493 e. The minimum Gasteiger partial charge on any atom is -0.493 e. The van der Waals surface area contributed by atoms with Gasteiger partial charge < -0.3 is 18.8 Å². The molecule has 0 aliphatic heterocycles. The molecule has 1 aromatic heterocycles. The molecule has 0 aliphatic carbocycles. The third-order valence-corrected chi connectivity index (χ3v) is 6.89. The van der Waals surface area contributed by atoms with E-state index in [1.165, 1.54) is 24.3 Å². The van der Waals surface area contributed by atoms with Gasteiger partial charge >= 0.3 is 5.97 Å². The number of rotatable bonds is 10. The Morgan fingerprint density at radius 1 is 0.943 bits per heavy atom. The second-order valence-electron chi connectivity index (χ2n) is 8.18. The second-order valence-corrected chi connectivity index (χ2v) is 10.2. The van der Waals surface area contributed by atoms with Gasteiger partial charge in [-0.2, -0.15) is 0 Å². The van der Waals surface area contributed by atoms with Crippen molar-refractivity contribution in [3.8, 4) is 11.5 Å². The molecule has 0 aliphatic rings. The van der Waals surface area contributed by atoms with Crippen molar-refractivity contribution in [1.29, 1.82) is 0 Å². The highest BCUT2D eigenvalue weighted by molar-refractivity contribution is 7.90. The lowest BCUT2D eigenvalue weighted by molar-refractivity contribution is 0.0474. The van der Waals surface area contributed by atoms with Crippen molar-refractivity contribution < 1.29 is 32.2 Å². The van der Waals surface area contributed by atoms with Crippen molar-refractivity contribution >= 4 is 21.6 Å². The number of carbonyl (C=O) groups excluding carboxylic acids is 2. The van der Waals surface area contributed by atoms with E-state index in [2.05, 4.69) is 0 Å². The Bertz CT molecular complexity index is 1360. The zero-order valence-electron chi connectivity index (χ0n) is 20.5. The topological polar surface area (TPSA) is 101 Å². The number of hydrogen-bond donors (Lipinski definition) is 0. The lowest BCUT2D eigenvalue weighted by Gasteiger charge is -2.12. The predicted octanol–water partition coefficient (Wildman–Crippen LogP) is 3.81. The number of ketones is 1. The number of sulfone groups is 1. The molecule has 0 saturated heterocycles. The summed E-state index contributed by atoms with van der Waals surface area (Å²) in [5, 5.41) is 0. The van der Waals surface area contributed by atoms with Crippen LogP contribution >= 0.6 is 0 Å². The van der Waals surface area contributed by atoms with Crippen molar-refractivity contribution in [3.05, 3.63) is 76.6 Å². The molecule has 0 unspecified atom stereocenters. The maximum atomic E-state index is 12.8. The van der Waals surface area contributed by atoms with Gasteiger partial charge in [-0.15, -0.1) is 0 Å². The zero-order chi connectivity index (χ0) is 25.8. The maximum absolute atomic E-state index is 12.8. The van der Waals surface area contributed by atoms with Crippen LogP contribution in [0.1, 0.15) is 37.7 Å². The minimum absolute atomic E-state index is 0.0105. The van der Waals surface area contributed by atoms with Crippen LogP contribution in [0.4, 0.5) is 0 Å². The smallest absolute Gasteiger partial charge is 0.338 e. The van der Waals surface area contributed by atoms with E-state index < -0.39 is 22.4 Å². The quantitative estimate of drug-likeness (QED) is 0.309. The first kappa shape index (κ1) is 26.0. The van der Waals surface area contributed by atoms with Crippen LogP contribution in [-0.4, -0.2) is 51.8 Å². The summed E-state index contributed by atoms with van der Waals surface area (Å²) in [6.07, 6.45) is 1.78. The molecule has 35 heavy (non-hydrogen) atoms. The summed E-state index contributed by atoms with van der Waals surface area (Å²) in [4.78, 5) is 25.2. The number of esters is 1. The number of nitrogens with zero attached hydrogens (tertiary/aromatic N) is 1. The monoisotopic (exact) mass is 499 g/mol. The van der Waals surface area contributed by atoms with Gasteiger partial charge in [0.15, 0.2) is 27.9 Å². The van der Waals surface area contributed by atoms with Gasteiger partial charge in [-0.25, -0.2) is 13.2 Å². The Morgan fingerprint density at radius 2 is 1.66 bits per heavy atom. The minimum atomic E-state index is -3.46. The Kier molecular flexibility index (Phi) is 8.01. The lowest BCUT2D eigenvalue weighted by atomic mass is 10.1. The molecular formula is C26H29NO7S. The van der Waals surface area contributed by atoms with Gasteiger partial charge in [0.05, 0.1) is 24.7 Å². The number of benzene rings is 2. The first-order valence-electron chi connectivity index (χ1n) is 10.9. The zero-order valence-corrected chi connectivity index (χ0v) is 21.3. The molecule has 0 radical (unpaired) electrons. The Hall–Kier alpha value is -3.59. The first-order chi connectivity index (χ1) is 16.5. The molecule has 8 nitrogen and oxygen atoms in total. The molecular weight excluding hydrogens is 470 g/mol. The average Bonchev–Trinajstić information content (AvgIpc) is 3.13. The van der Waals surface area contributed by atoms with Crippen molar-refractivity contribution in [1.82, 2.24) is 4.57 Å². The number of aryl methyl sites for hydroxylation is 2. The molecule has 0 fully saturated rings. The van der Waals surface area contributed by atoms with Gasteiger partial charge in [-0.1, -0.05) is 12.1 Å². The van der Waals surface area contributed by atoms with E-state index in [1.807, 2.05) is 36.6 Å². The predicted molar refractivity (Wildman–Crippen MR) is 131 cm³/mol. The van der Waals surface area contributed by atoms with Crippen LogP contribution in [-0.2, 0) is 27.5 Å². The number of aromatic nitrogens is 1. The van der Waals surface area contributed by atoms with Crippen LogP contribution in [0.15, 0.2) is 53.4 Å². The second kappa shape index (κ2) is 10.8. The van der Waals surface area contributed by atoms with Gasteiger partial charge in [0.1, 0.15) is 0 Å². The molecule has 1 heterocycles. The number of Topliss-reactive ketones (excluding diaryl/α,β-unsaturated/α-hetero) is 1. The van der Waals surface area contributed by atoms with Crippen LogP contribution in [0.2, 0.25) is 0 Å². The highest BCUT2D eigenvalue weighted by Gasteiger charge is 2.19. The van der Waals surface area contributed by atoms with E-state index in [1.54, 1.807) is 20.3 Å². The highest BCUT2D eigenvalue weighted by Crippen LogP contribution is 2.28. The van der Waals surface area contributed by atoms with Crippen molar-refractivity contribution in [2.24, 2.45) is 0 Å². The third kappa shape index (κ3) is 6.10. The van der Waals surface area contributed by atoms with Crippen molar-refractivity contribution in [2.45, 2.75) is 31.7 Å². The number of ether oxygens (including phenoxy) is 3. The summed E-state index contributed by atoms with van der Waals surface area (Å²) in [6, 6.07) is 13.1. The molecule has 3 aromatic rings. The van der Waals surface area contributed by atoms with Crippen LogP contribution in [0, 0.1) is 13.8 Å². The molecule has 0 atom stereocenters. The van der Waals surface area contributed by atoms with Gasteiger partial charge in [0.25, 0.3) is 0 Å². The molecule has 0 bridgehead atoms. The van der Waals surface area contributed by atoms with Crippen LogP contribution in [0.5, 0.6) is 11.5 Å². The average molecular weight is 500 g/mol. The summed E-state index contributed by atoms with van der Waals surface area (Å²) in [5.41, 5.74) is 3.31. The Labute approximate surface area is 205 Å². The van der Waals surface area contributed by atoms with E-state index in [9.17, 15) is 18.0 Å². The standard InChI is InChI=1S/C26H29NO7S/c1-17-13-22(18(2)27(17)12-11-19-9-10-24(32-3)25(14-19)33-4)23(28)16-34-26(29)20-7-6-8-21(15-20)35(5,30)31/h6-10,13-15H,11-12,16H2,1-5H3. The number of hydrogen-bond acceptors (Lipinski definition) is 7. The molecule has 0 spiro atoms. The fraction of sp³-hybridized carbons (Fsp3) is 0.308. The molecule has 2 aromatic carbocycles.